The second-order valence-electron chi connectivity index (χ2n) is 5.73. The summed E-state index contributed by atoms with van der Waals surface area (Å²) in [5, 5.41) is 4.11. The number of ether oxygens (including phenoxy) is 2. The minimum atomic E-state index is -0.402. The van der Waals surface area contributed by atoms with E-state index in [2.05, 4.69) is 10.3 Å². The maximum atomic E-state index is 11.8. The van der Waals surface area contributed by atoms with Crippen molar-refractivity contribution in [2.45, 2.75) is 6.92 Å². The summed E-state index contributed by atoms with van der Waals surface area (Å²) in [5.74, 6) is -0.787. The first kappa shape index (κ1) is 17.4. The van der Waals surface area contributed by atoms with Crippen LogP contribution in [0, 0.1) is 6.92 Å². The molecule has 0 amide bonds. The van der Waals surface area contributed by atoms with E-state index in [1.54, 1.807) is 42.5 Å². The third-order valence-electron chi connectivity index (χ3n) is 3.94. The molecule has 3 rings (SSSR count). The summed E-state index contributed by atoms with van der Waals surface area (Å²) >= 11 is 0. The Kier molecular flexibility index (Phi) is 4.84. The van der Waals surface area contributed by atoms with E-state index in [-0.39, 0.29) is 5.97 Å². The largest absolute Gasteiger partial charge is 0.465 e. The van der Waals surface area contributed by atoms with Crippen molar-refractivity contribution in [3.8, 4) is 0 Å². The van der Waals surface area contributed by atoms with Crippen LogP contribution < -0.4 is 5.32 Å². The zero-order chi connectivity index (χ0) is 18.7. The average Bonchev–Trinajstić information content (AvgIpc) is 2.67. The number of hydrogen-bond acceptors (Lipinski definition) is 6. The topological polar surface area (TPSA) is 77.5 Å². The van der Waals surface area contributed by atoms with Crippen LogP contribution in [0.4, 0.5) is 11.4 Å². The van der Waals surface area contributed by atoms with Crippen molar-refractivity contribution in [2.24, 2.45) is 0 Å². The molecule has 2 aromatic carbocycles. The van der Waals surface area contributed by atoms with Gasteiger partial charge < -0.3 is 14.8 Å². The number of nitrogens with zero attached hydrogens (tertiary/aromatic N) is 1. The SMILES string of the molecule is COC(=O)c1ccc(Nc2cc(C)nc3ccc(C(=O)OC)cc23)cc1. The summed E-state index contributed by atoms with van der Waals surface area (Å²) in [6.45, 7) is 1.90. The van der Waals surface area contributed by atoms with Crippen LogP contribution >= 0.6 is 0 Å². The molecule has 0 aliphatic rings. The van der Waals surface area contributed by atoms with Gasteiger partial charge in [0.15, 0.2) is 0 Å². The highest BCUT2D eigenvalue weighted by molar-refractivity contribution is 5.99. The first-order valence-electron chi connectivity index (χ1n) is 7.97. The van der Waals surface area contributed by atoms with Crippen LogP contribution in [0.3, 0.4) is 0 Å². The highest BCUT2D eigenvalue weighted by Crippen LogP contribution is 2.28. The van der Waals surface area contributed by atoms with Crippen molar-refractivity contribution >= 4 is 34.2 Å². The van der Waals surface area contributed by atoms with E-state index in [4.69, 9.17) is 9.47 Å². The Labute approximate surface area is 150 Å². The summed E-state index contributed by atoms with van der Waals surface area (Å²) in [5.41, 5.74) is 4.15. The molecule has 0 saturated carbocycles. The number of methoxy groups -OCH3 is 2. The van der Waals surface area contributed by atoms with Gasteiger partial charge >= 0.3 is 11.9 Å². The van der Waals surface area contributed by atoms with Gasteiger partial charge in [-0.05, 0) is 55.5 Å². The number of anilines is 2. The Bertz CT molecular complexity index is 981. The van der Waals surface area contributed by atoms with Crippen LogP contribution in [0.2, 0.25) is 0 Å². The van der Waals surface area contributed by atoms with Crippen LogP contribution in [0.25, 0.3) is 10.9 Å². The van der Waals surface area contributed by atoms with Crippen LogP contribution in [0.1, 0.15) is 26.4 Å². The Morgan fingerprint density at radius 3 is 2.15 bits per heavy atom. The fourth-order valence-corrected chi connectivity index (χ4v) is 2.67. The molecule has 0 radical (unpaired) electrons. The van der Waals surface area contributed by atoms with E-state index in [0.717, 1.165) is 28.0 Å². The predicted octanol–water partition coefficient (Wildman–Crippen LogP) is 3.86. The highest BCUT2D eigenvalue weighted by Gasteiger charge is 2.11. The normalized spacial score (nSPS) is 10.4. The minimum absolute atomic E-state index is 0.385. The molecular formula is C20H18N2O4. The molecule has 0 atom stereocenters. The van der Waals surface area contributed by atoms with Crippen molar-refractivity contribution in [3.05, 3.63) is 65.4 Å². The van der Waals surface area contributed by atoms with Crippen molar-refractivity contribution in [2.75, 3.05) is 19.5 Å². The van der Waals surface area contributed by atoms with Gasteiger partial charge in [-0.2, -0.15) is 0 Å². The average molecular weight is 350 g/mol. The first-order valence-corrected chi connectivity index (χ1v) is 7.97. The standard InChI is InChI=1S/C20H18N2O4/c1-12-10-18(22-15-7-4-13(5-8-15)19(23)25-2)16-11-14(20(24)26-3)6-9-17(16)21-12/h4-11H,1-3H3,(H,21,22). The van der Waals surface area contributed by atoms with Crippen molar-refractivity contribution in [1.29, 1.82) is 0 Å². The van der Waals surface area contributed by atoms with Gasteiger partial charge in [0.05, 0.1) is 30.9 Å². The smallest absolute Gasteiger partial charge is 0.337 e. The number of aromatic nitrogens is 1. The van der Waals surface area contributed by atoms with Gasteiger partial charge in [0.1, 0.15) is 0 Å². The van der Waals surface area contributed by atoms with E-state index in [9.17, 15) is 9.59 Å². The molecule has 1 N–H and O–H groups in total. The second-order valence-corrected chi connectivity index (χ2v) is 5.73. The summed E-state index contributed by atoms with van der Waals surface area (Å²) in [4.78, 5) is 27.9. The molecular weight excluding hydrogens is 332 g/mol. The fraction of sp³-hybridized carbons (Fsp3) is 0.150. The van der Waals surface area contributed by atoms with Crippen molar-refractivity contribution in [1.82, 2.24) is 4.98 Å². The van der Waals surface area contributed by atoms with Gasteiger partial charge in [-0.25, -0.2) is 9.59 Å². The molecule has 0 bridgehead atoms. The summed E-state index contributed by atoms with van der Waals surface area (Å²) < 4.78 is 9.49. The highest BCUT2D eigenvalue weighted by atomic mass is 16.5. The quantitative estimate of drug-likeness (QED) is 0.720. The Morgan fingerprint density at radius 1 is 0.885 bits per heavy atom. The lowest BCUT2D eigenvalue weighted by atomic mass is 10.1. The Hall–Kier alpha value is -3.41. The molecule has 0 saturated heterocycles. The lowest BCUT2D eigenvalue weighted by Crippen LogP contribution is -2.03. The minimum Gasteiger partial charge on any atom is -0.465 e. The van der Waals surface area contributed by atoms with Gasteiger partial charge in [-0.3, -0.25) is 4.98 Å². The lowest BCUT2D eigenvalue weighted by Gasteiger charge is -2.12. The monoisotopic (exact) mass is 350 g/mol. The number of benzene rings is 2. The van der Waals surface area contributed by atoms with Gasteiger partial charge in [-0.1, -0.05) is 0 Å². The number of carbonyl (C=O) groups is 2. The zero-order valence-electron chi connectivity index (χ0n) is 14.7. The van der Waals surface area contributed by atoms with E-state index < -0.39 is 5.97 Å². The molecule has 3 aromatic rings. The van der Waals surface area contributed by atoms with E-state index >= 15 is 0 Å². The molecule has 0 spiro atoms. The van der Waals surface area contributed by atoms with Gasteiger partial charge in [-0.15, -0.1) is 0 Å². The van der Waals surface area contributed by atoms with Gasteiger partial charge in [0, 0.05) is 22.5 Å². The maximum absolute atomic E-state index is 11.8. The number of carbonyl (C=O) groups excluding carboxylic acids is 2. The number of pyridine rings is 1. The molecule has 1 aromatic heterocycles. The molecule has 132 valence electrons. The zero-order valence-corrected chi connectivity index (χ0v) is 14.7. The van der Waals surface area contributed by atoms with E-state index in [1.807, 2.05) is 13.0 Å². The number of rotatable bonds is 4. The van der Waals surface area contributed by atoms with Gasteiger partial charge in [0.25, 0.3) is 0 Å². The first-order chi connectivity index (χ1) is 12.5. The summed E-state index contributed by atoms with van der Waals surface area (Å²) in [6.07, 6.45) is 0. The van der Waals surface area contributed by atoms with Crippen LogP contribution in [0.5, 0.6) is 0 Å². The molecule has 0 fully saturated rings. The van der Waals surface area contributed by atoms with E-state index in [0.29, 0.717) is 11.1 Å². The Balaban J connectivity index is 2.00. The summed E-state index contributed by atoms with van der Waals surface area (Å²) in [7, 11) is 2.70. The molecule has 0 aliphatic heterocycles. The van der Waals surface area contributed by atoms with Crippen molar-refractivity contribution < 1.29 is 19.1 Å². The molecule has 0 unspecified atom stereocenters. The van der Waals surface area contributed by atoms with Gasteiger partial charge in [0.2, 0.25) is 0 Å². The molecule has 26 heavy (non-hydrogen) atoms. The van der Waals surface area contributed by atoms with Crippen molar-refractivity contribution in [3.63, 3.8) is 0 Å². The van der Waals surface area contributed by atoms with E-state index in [1.165, 1.54) is 14.2 Å². The molecule has 0 aliphatic carbocycles. The molecule has 1 heterocycles. The van der Waals surface area contributed by atoms with Crippen LogP contribution in [-0.2, 0) is 9.47 Å². The molecule has 6 heteroatoms. The van der Waals surface area contributed by atoms with Crippen LogP contribution in [0.15, 0.2) is 48.5 Å². The number of nitrogens with one attached hydrogen (secondary N) is 1. The third kappa shape index (κ3) is 3.49. The number of fused-ring (bicyclic) bond motifs is 1. The van der Waals surface area contributed by atoms with Crippen LogP contribution in [-0.4, -0.2) is 31.1 Å². The number of esters is 2. The Morgan fingerprint density at radius 2 is 1.50 bits per heavy atom. The fourth-order valence-electron chi connectivity index (χ4n) is 2.67. The number of hydrogen-bond donors (Lipinski definition) is 1. The second kappa shape index (κ2) is 7.23. The number of aryl methyl sites for hydroxylation is 1. The molecule has 6 nitrogen and oxygen atoms in total. The predicted molar refractivity (Wildman–Crippen MR) is 98.9 cm³/mol. The summed E-state index contributed by atoms with van der Waals surface area (Å²) in [6, 6.07) is 14.1. The third-order valence-corrected chi connectivity index (χ3v) is 3.94. The maximum Gasteiger partial charge on any atom is 0.337 e. The lowest BCUT2D eigenvalue weighted by molar-refractivity contribution is 0.0592.